The first-order chi connectivity index (χ1) is 11.1. The summed E-state index contributed by atoms with van der Waals surface area (Å²) >= 11 is 0. The highest BCUT2D eigenvalue weighted by Crippen LogP contribution is 2.44. The predicted octanol–water partition coefficient (Wildman–Crippen LogP) is 5.17. The second kappa shape index (κ2) is 5.67. The Kier molecular flexibility index (Phi) is 4.04. The molecular formula is C18H22F3NO2. The molecule has 1 atom stereocenters. The van der Waals surface area contributed by atoms with Crippen molar-refractivity contribution < 1.29 is 22.7 Å². The van der Waals surface area contributed by atoms with Crippen LogP contribution in [-0.4, -0.2) is 17.7 Å². The van der Waals surface area contributed by atoms with E-state index < -0.39 is 23.4 Å². The molecule has 3 nitrogen and oxygen atoms in total. The van der Waals surface area contributed by atoms with Gasteiger partial charge >= 0.3 is 12.3 Å². The molecule has 0 spiro atoms. The summed E-state index contributed by atoms with van der Waals surface area (Å²) in [6, 6.07) is 3.64. The summed E-state index contributed by atoms with van der Waals surface area (Å²) in [7, 11) is 0. The molecule has 2 aliphatic rings. The lowest BCUT2D eigenvalue weighted by Gasteiger charge is -2.38. The van der Waals surface area contributed by atoms with Gasteiger partial charge in [0, 0.05) is 6.04 Å². The van der Waals surface area contributed by atoms with Gasteiger partial charge in [-0.3, -0.25) is 4.90 Å². The van der Waals surface area contributed by atoms with Crippen molar-refractivity contribution in [2.45, 2.75) is 64.3 Å². The van der Waals surface area contributed by atoms with Crippen LogP contribution < -0.4 is 4.90 Å². The SMILES string of the molecule is CC(C)(C)OC(=O)N1c2ccc(C(F)(F)F)cc2CC[C@H]1C1CC1. The number of carbonyl (C=O) groups excluding carboxylic acids is 1. The second-order valence-corrected chi connectivity index (χ2v) is 7.64. The molecule has 0 saturated heterocycles. The number of benzene rings is 1. The zero-order chi connectivity index (χ0) is 17.7. The number of halogens is 3. The zero-order valence-corrected chi connectivity index (χ0v) is 14.1. The van der Waals surface area contributed by atoms with Crippen molar-refractivity contribution in [2.24, 2.45) is 5.92 Å². The van der Waals surface area contributed by atoms with Crippen LogP contribution in [0.4, 0.5) is 23.7 Å². The van der Waals surface area contributed by atoms with Gasteiger partial charge in [0.15, 0.2) is 0 Å². The quantitative estimate of drug-likeness (QED) is 0.705. The van der Waals surface area contributed by atoms with Gasteiger partial charge in [0.25, 0.3) is 0 Å². The van der Waals surface area contributed by atoms with Gasteiger partial charge in [-0.1, -0.05) is 0 Å². The van der Waals surface area contributed by atoms with Crippen molar-refractivity contribution >= 4 is 11.8 Å². The highest BCUT2D eigenvalue weighted by molar-refractivity contribution is 5.90. The Morgan fingerprint density at radius 2 is 1.83 bits per heavy atom. The van der Waals surface area contributed by atoms with E-state index in [0.717, 1.165) is 25.0 Å². The van der Waals surface area contributed by atoms with Gasteiger partial charge in [0.1, 0.15) is 5.60 Å². The Labute approximate surface area is 139 Å². The Morgan fingerprint density at radius 3 is 2.38 bits per heavy atom. The van der Waals surface area contributed by atoms with E-state index in [4.69, 9.17) is 4.74 Å². The molecule has 1 aromatic rings. The van der Waals surface area contributed by atoms with Gasteiger partial charge in [-0.2, -0.15) is 13.2 Å². The van der Waals surface area contributed by atoms with E-state index in [9.17, 15) is 18.0 Å². The topological polar surface area (TPSA) is 29.5 Å². The summed E-state index contributed by atoms with van der Waals surface area (Å²) in [6.45, 7) is 5.36. The fourth-order valence-corrected chi connectivity index (χ4v) is 3.28. The third kappa shape index (κ3) is 3.52. The van der Waals surface area contributed by atoms with E-state index in [-0.39, 0.29) is 6.04 Å². The molecule has 132 valence electrons. The number of alkyl halides is 3. The number of amides is 1. The smallest absolute Gasteiger partial charge is 0.416 e. The predicted molar refractivity (Wildman–Crippen MR) is 85.0 cm³/mol. The van der Waals surface area contributed by atoms with Crippen molar-refractivity contribution in [3.05, 3.63) is 29.3 Å². The first-order valence-electron chi connectivity index (χ1n) is 8.28. The van der Waals surface area contributed by atoms with Crippen LogP contribution in [0, 0.1) is 5.92 Å². The molecule has 24 heavy (non-hydrogen) atoms. The first kappa shape index (κ1) is 17.1. The van der Waals surface area contributed by atoms with E-state index in [1.165, 1.54) is 6.07 Å². The number of hydrogen-bond acceptors (Lipinski definition) is 2. The fraction of sp³-hybridized carbons (Fsp3) is 0.611. The largest absolute Gasteiger partial charge is 0.443 e. The average Bonchev–Trinajstić information content (AvgIpc) is 3.27. The molecule has 1 heterocycles. The normalized spacial score (nSPS) is 21.4. The summed E-state index contributed by atoms with van der Waals surface area (Å²) in [5.41, 5.74) is -0.197. The number of nitrogens with zero attached hydrogens (tertiary/aromatic N) is 1. The molecule has 0 N–H and O–H groups in total. The summed E-state index contributed by atoms with van der Waals surface area (Å²) in [4.78, 5) is 14.3. The molecule has 0 aromatic heterocycles. The molecule has 0 bridgehead atoms. The summed E-state index contributed by atoms with van der Waals surface area (Å²) in [5.74, 6) is 0.424. The Morgan fingerprint density at radius 1 is 1.17 bits per heavy atom. The number of anilines is 1. The van der Waals surface area contributed by atoms with Crippen LogP contribution in [0.1, 0.15) is 51.2 Å². The van der Waals surface area contributed by atoms with Gasteiger partial charge in [0.2, 0.25) is 0 Å². The molecular weight excluding hydrogens is 319 g/mol. The molecule has 1 fully saturated rings. The van der Waals surface area contributed by atoms with Gasteiger partial charge in [-0.05, 0) is 76.1 Å². The Hall–Kier alpha value is -1.72. The monoisotopic (exact) mass is 341 g/mol. The Balaban J connectivity index is 1.96. The van der Waals surface area contributed by atoms with Gasteiger partial charge < -0.3 is 4.74 Å². The van der Waals surface area contributed by atoms with E-state index in [2.05, 4.69) is 0 Å². The van der Waals surface area contributed by atoms with E-state index in [1.807, 2.05) is 0 Å². The highest BCUT2D eigenvalue weighted by Gasteiger charge is 2.43. The number of carbonyl (C=O) groups is 1. The van der Waals surface area contributed by atoms with Crippen LogP contribution in [0.5, 0.6) is 0 Å². The molecule has 1 aliphatic carbocycles. The van der Waals surface area contributed by atoms with Gasteiger partial charge in [0.05, 0.1) is 11.3 Å². The van der Waals surface area contributed by atoms with Crippen LogP contribution in [0.2, 0.25) is 0 Å². The summed E-state index contributed by atoms with van der Waals surface area (Å²) in [5, 5.41) is 0. The van der Waals surface area contributed by atoms with Gasteiger partial charge in [-0.15, -0.1) is 0 Å². The second-order valence-electron chi connectivity index (χ2n) is 7.64. The minimum Gasteiger partial charge on any atom is -0.443 e. The lowest BCUT2D eigenvalue weighted by molar-refractivity contribution is -0.137. The lowest BCUT2D eigenvalue weighted by Crippen LogP contribution is -2.47. The lowest BCUT2D eigenvalue weighted by atomic mass is 9.92. The molecule has 1 aromatic carbocycles. The van der Waals surface area contributed by atoms with Crippen molar-refractivity contribution in [3.63, 3.8) is 0 Å². The number of aryl methyl sites for hydroxylation is 1. The van der Waals surface area contributed by atoms with Crippen LogP contribution in [0.15, 0.2) is 18.2 Å². The first-order valence-corrected chi connectivity index (χ1v) is 8.28. The molecule has 0 radical (unpaired) electrons. The van der Waals surface area contributed by atoms with Crippen molar-refractivity contribution in [1.29, 1.82) is 0 Å². The van der Waals surface area contributed by atoms with Crippen LogP contribution in [0.3, 0.4) is 0 Å². The van der Waals surface area contributed by atoms with Crippen molar-refractivity contribution in [1.82, 2.24) is 0 Å². The minimum absolute atomic E-state index is 0.0177. The molecule has 3 rings (SSSR count). The number of hydrogen-bond donors (Lipinski definition) is 0. The maximum atomic E-state index is 12.9. The van der Waals surface area contributed by atoms with Gasteiger partial charge in [-0.25, -0.2) is 4.79 Å². The average molecular weight is 341 g/mol. The van der Waals surface area contributed by atoms with Crippen LogP contribution in [-0.2, 0) is 17.3 Å². The summed E-state index contributed by atoms with van der Waals surface area (Å²) in [6.07, 6.45) is -1.50. The van der Waals surface area contributed by atoms with Crippen LogP contribution >= 0.6 is 0 Å². The molecule has 0 unspecified atom stereocenters. The van der Waals surface area contributed by atoms with E-state index >= 15 is 0 Å². The number of rotatable bonds is 1. The van der Waals surface area contributed by atoms with Crippen molar-refractivity contribution in [3.8, 4) is 0 Å². The van der Waals surface area contributed by atoms with Crippen LogP contribution in [0.25, 0.3) is 0 Å². The van der Waals surface area contributed by atoms with Crippen molar-refractivity contribution in [2.75, 3.05) is 4.90 Å². The Bertz CT molecular complexity index is 645. The zero-order valence-electron chi connectivity index (χ0n) is 14.1. The minimum atomic E-state index is -4.38. The molecule has 1 saturated carbocycles. The molecule has 1 amide bonds. The standard InChI is InChI=1S/C18H22F3NO2/c1-17(2,3)24-16(23)22-14(11-4-5-11)8-6-12-10-13(18(19,20)21)7-9-15(12)22/h7,9-11,14H,4-6,8H2,1-3H3/t14-/m0/s1. The third-order valence-electron chi connectivity index (χ3n) is 4.46. The summed E-state index contributed by atoms with van der Waals surface area (Å²) < 4.78 is 44.3. The maximum absolute atomic E-state index is 12.9. The number of ether oxygens (including phenoxy) is 1. The van der Waals surface area contributed by atoms with E-state index in [1.54, 1.807) is 25.7 Å². The molecule has 1 aliphatic heterocycles. The number of fused-ring (bicyclic) bond motifs is 1. The third-order valence-corrected chi connectivity index (χ3v) is 4.46. The molecule has 6 heteroatoms. The highest BCUT2D eigenvalue weighted by atomic mass is 19.4. The maximum Gasteiger partial charge on any atom is 0.416 e. The van der Waals surface area contributed by atoms with E-state index in [0.29, 0.717) is 30.0 Å². The fourth-order valence-electron chi connectivity index (χ4n) is 3.28.